The maximum Gasteiger partial charge on any atom is 0.265 e. The van der Waals surface area contributed by atoms with Crippen LogP contribution in [0, 0.1) is 0 Å². The molecule has 0 aliphatic carbocycles. The summed E-state index contributed by atoms with van der Waals surface area (Å²) in [5.74, 6) is -0.382. The number of carbonyl (C=O) groups excluding carboxylic acids is 1. The number of nitrogens with zero attached hydrogens (tertiary/aromatic N) is 1. The number of halogens is 2. The van der Waals surface area contributed by atoms with Gasteiger partial charge in [-0.15, -0.1) is 12.4 Å². The molecule has 216 valence electrons. The molecule has 8 nitrogen and oxygen atoms in total. The molecule has 1 heterocycles. The molecule has 11 heteroatoms. The van der Waals surface area contributed by atoms with Gasteiger partial charge in [0.1, 0.15) is 5.75 Å². The number of hydrogen-bond acceptors (Lipinski definition) is 7. The summed E-state index contributed by atoms with van der Waals surface area (Å²) in [5, 5.41) is 10.1. The Labute approximate surface area is 246 Å². The first-order chi connectivity index (χ1) is 18.8. The number of amides is 1. The summed E-state index contributed by atoms with van der Waals surface area (Å²) in [6.07, 6.45) is 0.804. The van der Waals surface area contributed by atoms with Crippen molar-refractivity contribution in [1.82, 2.24) is 10.4 Å². The largest absolute Gasteiger partial charge is 0.493 e. The van der Waals surface area contributed by atoms with E-state index in [0.29, 0.717) is 50.0 Å². The fraction of sp³-hybridized carbons (Fsp3) is 0.345. The highest BCUT2D eigenvalue weighted by Crippen LogP contribution is 2.36. The predicted octanol–water partition coefficient (Wildman–Crippen LogP) is 4.81. The van der Waals surface area contributed by atoms with Gasteiger partial charge in [-0.1, -0.05) is 48.0 Å². The van der Waals surface area contributed by atoms with Crippen molar-refractivity contribution in [2.75, 3.05) is 40.0 Å². The molecular weight excluding hydrogens is 575 g/mol. The van der Waals surface area contributed by atoms with E-state index < -0.39 is 20.5 Å². The fourth-order valence-electron chi connectivity index (χ4n) is 4.85. The monoisotopic (exact) mass is 608 g/mol. The number of carbonyl (C=O) groups is 1. The van der Waals surface area contributed by atoms with E-state index in [1.807, 2.05) is 47.4 Å². The minimum atomic E-state index is -4.09. The molecule has 1 amide bonds. The topological polar surface area (TPSA) is 105 Å². The lowest BCUT2D eigenvalue weighted by Crippen LogP contribution is -2.57. The Balaban J connectivity index is 0.00000441. The van der Waals surface area contributed by atoms with Crippen molar-refractivity contribution >= 4 is 39.8 Å². The van der Waals surface area contributed by atoms with Gasteiger partial charge in [-0.2, -0.15) is 0 Å². The molecule has 0 radical (unpaired) electrons. The van der Waals surface area contributed by atoms with Gasteiger partial charge in [0, 0.05) is 38.2 Å². The van der Waals surface area contributed by atoms with E-state index in [1.54, 1.807) is 24.7 Å². The smallest absolute Gasteiger partial charge is 0.265 e. The van der Waals surface area contributed by atoms with Crippen molar-refractivity contribution in [3.8, 4) is 16.9 Å². The van der Waals surface area contributed by atoms with Crippen molar-refractivity contribution < 1.29 is 27.9 Å². The van der Waals surface area contributed by atoms with Gasteiger partial charge in [0.05, 0.1) is 18.1 Å². The van der Waals surface area contributed by atoms with Gasteiger partial charge in [0.15, 0.2) is 14.6 Å². The van der Waals surface area contributed by atoms with Crippen LogP contribution in [0.1, 0.15) is 18.4 Å². The minimum absolute atomic E-state index is 0. The van der Waals surface area contributed by atoms with E-state index in [1.165, 1.54) is 12.1 Å². The molecule has 1 aliphatic rings. The lowest BCUT2D eigenvalue weighted by Gasteiger charge is -2.39. The molecule has 1 saturated heterocycles. The Morgan fingerprint density at radius 2 is 1.68 bits per heavy atom. The van der Waals surface area contributed by atoms with Gasteiger partial charge < -0.3 is 14.4 Å². The van der Waals surface area contributed by atoms with E-state index in [2.05, 4.69) is 6.07 Å². The van der Waals surface area contributed by atoms with Crippen LogP contribution in [0.5, 0.6) is 5.75 Å². The van der Waals surface area contributed by atoms with Crippen molar-refractivity contribution in [3.05, 3.63) is 83.4 Å². The Hall–Kier alpha value is -2.66. The maximum absolute atomic E-state index is 13.6. The third kappa shape index (κ3) is 7.15. The number of hydrogen-bond donors (Lipinski definition) is 2. The summed E-state index contributed by atoms with van der Waals surface area (Å²) >= 11 is 6.00. The molecule has 0 aromatic heterocycles. The molecule has 1 fully saturated rings. The Bertz CT molecular complexity index is 1360. The first-order valence-electron chi connectivity index (χ1n) is 12.8. The predicted molar refractivity (Wildman–Crippen MR) is 157 cm³/mol. The highest BCUT2D eigenvalue weighted by Gasteiger charge is 2.52. The number of methoxy groups -OCH3 is 1. The second-order valence-electron chi connectivity index (χ2n) is 9.55. The van der Waals surface area contributed by atoms with E-state index in [0.717, 1.165) is 16.7 Å². The first-order valence-corrected chi connectivity index (χ1v) is 14.6. The lowest BCUT2D eigenvalue weighted by molar-refractivity contribution is -0.133. The van der Waals surface area contributed by atoms with Gasteiger partial charge in [-0.25, -0.2) is 13.9 Å². The summed E-state index contributed by atoms with van der Waals surface area (Å²) in [4.78, 5) is 14.7. The molecule has 40 heavy (non-hydrogen) atoms. The van der Waals surface area contributed by atoms with Crippen LogP contribution in [0.2, 0.25) is 5.02 Å². The highest BCUT2D eigenvalue weighted by atomic mass is 35.5. The van der Waals surface area contributed by atoms with E-state index in [9.17, 15) is 18.4 Å². The van der Waals surface area contributed by atoms with Crippen LogP contribution in [-0.4, -0.2) is 69.1 Å². The quantitative estimate of drug-likeness (QED) is 0.238. The van der Waals surface area contributed by atoms with E-state index in [4.69, 9.17) is 21.1 Å². The number of benzene rings is 3. The third-order valence-electron chi connectivity index (χ3n) is 7.20. The average Bonchev–Trinajstić information content (AvgIpc) is 2.96. The lowest BCUT2D eigenvalue weighted by atomic mass is 9.95. The zero-order valence-electron chi connectivity index (χ0n) is 22.2. The Morgan fingerprint density at radius 3 is 2.30 bits per heavy atom. The number of rotatable bonds is 11. The second-order valence-corrected chi connectivity index (χ2v) is 12.2. The average molecular weight is 610 g/mol. The van der Waals surface area contributed by atoms with E-state index >= 15 is 0 Å². The van der Waals surface area contributed by atoms with Crippen LogP contribution in [-0.2, 0) is 25.8 Å². The molecule has 1 aliphatic heterocycles. The molecule has 0 saturated carbocycles. The molecule has 0 unspecified atom stereocenters. The number of sulfone groups is 1. The third-order valence-corrected chi connectivity index (χ3v) is 9.97. The molecule has 3 aromatic carbocycles. The molecule has 0 spiro atoms. The minimum Gasteiger partial charge on any atom is -0.493 e. The standard InChI is InChI=1S/C29H33ClN2O6S.ClH/c1-37-20-18-32-16-14-29(15-17-32,28(33)31-34)39(35,36)27-11-9-26(10-12-27)38-19-13-22-3-2-4-24(21-22)23-5-7-25(30)8-6-23;/h2-12,21,34H,13-20H2,1H3,(H,31,33);1H. The van der Waals surface area contributed by atoms with Gasteiger partial charge in [-0.3, -0.25) is 10.0 Å². The normalized spacial score (nSPS) is 15.2. The molecule has 4 rings (SSSR count). The summed E-state index contributed by atoms with van der Waals surface area (Å²) in [6.45, 7) is 2.36. The van der Waals surface area contributed by atoms with Crippen molar-refractivity contribution in [1.29, 1.82) is 0 Å². The molecule has 2 N–H and O–H groups in total. The van der Waals surface area contributed by atoms with Gasteiger partial charge in [-0.05, 0) is 65.9 Å². The summed E-state index contributed by atoms with van der Waals surface area (Å²) in [6, 6.07) is 22.0. The molecular formula is C29H34Cl2N2O6S. The van der Waals surface area contributed by atoms with Crippen LogP contribution in [0.15, 0.2) is 77.7 Å². The van der Waals surface area contributed by atoms with Crippen molar-refractivity contribution in [2.24, 2.45) is 0 Å². The number of piperidine rings is 1. The maximum atomic E-state index is 13.6. The molecule has 0 atom stereocenters. The van der Waals surface area contributed by atoms with E-state index in [-0.39, 0.29) is 30.1 Å². The van der Waals surface area contributed by atoms with Crippen molar-refractivity contribution in [2.45, 2.75) is 28.9 Å². The zero-order valence-corrected chi connectivity index (χ0v) is 24.6. The number of nitrogens with one attached hydrogen (secondary N) is 1. The van der Waals surface area contributed by atoms with Gasteiger partial charge in [0.25, 0.3) is 5.91 Å². The highest BCUT2D eigenvalue weighted by molar-refractivity contribution is 7.93. The Morgan fingerprint density at radius 1 is 1.00 bits per heavy atom. The summed E-state index contributed by atoms with van der Waals surface area (Å²) < 4.78 is 36.5. The van der Waals surface area contributed by atoms with Gasteiger partial charge in [0.2, 0.25) is 0 Å². The first kappa shape index (κ1) is 31.9. The van der Waals surface area contributed by atoms with Crippen LogP contribution >= 0.6 is 24.0 Å². The van der Waals surface area contributed by atoms with Gasteiger partial charge >= 0.3 is 0 Å². The summed E-state index contributed by atoms with van der Waals surface area (Å²) in [7, 11) is -2.48. The molecule has 3 aromatic rings. The summed E-state index contributed by atoms with van der Waals surface area (Å²) in [5.41, 5.74) is 4.86. The Kier molecular flexibility index (Phi) is 11.4. The van der Waals surface area contributed by atoms with Crippen LogP contribution in [0.4, 0.5) is 0 Å². The van der Waals surface area contributed by atoms with Crippen LogP contribution < -0.4 is 10.2 Å². The molecule has 0 bridgehead atoms. The number of ether oxygens (including phenoxy) is 2. The second kappa shape index (κ2) is 14.3. The van der Waals surface area contributed by atoms with Crippen molar-refractivity contribution in [3.63, 3.8) is 0 Å². The SMILES string of the molecule is COCCN1CCC(C(=O)NO)(S(=O)(=O)c2ccc(OCCc3cccc(-c4ccc(Cl)cc4)c3)cc2)CC1.Cl. The van der Waals surface area contributed by atoms with Crippen LogP contribution in [0.25, 0.3) is 11.1 Å². The fourth-order valence-corrected chi connectivity index (χ4v) is 6.94. The van der Waals surface area contributed by atoms with Crippen LogP contribution in [0.3, 0.4) is 0 Å². The number of likely N-dealkylation sites (tertiary alicyclic amines) is 1. The zero-order chi connectivity index (χ0) is 27.9. The number of hydroxylamine groups is 1.